The second-order valence-corrected chi connectivity index (χ2v) is 3.99. The molecule has 3 aromatic rings. The number of carboxylic acids is 1. The zero-order chi connectivity index (χ0) is 13.2. The minimum Gasteiger partial charge on any atom is -0.478 e. The Kier molecular flexibility index (Phi) is 2.64. The van der Waals surface area contributed by atoms with Crippen molar-refractivity contribution in [3.63, 3.8) is 0 Å². The van der Waals surface area contributed by atoms with E-state index in [1.54, 1.807) is 42.9 Å². The predicted molar refractivity (Wildman–Crippen MR) is 69.7 cm³/mol. The van der Waals surface area contributed by atoms with E-state index in [1.165, 1.54) is 6.20 Å². The molecule has 0 amide bonds. The first-order valence-electron chi connectivity index (χ1n) is 5.64. The zero-order valence-electron chi connectivity index (χ0n) is 9.82. The van der Waals surface area contributed by atoms with Gasteiger partial charge in [0.05, 0.1) is 16.8 Å². The largest absolute Gasteiger partial charge is 0.478 e. The maximum atomic E-state index is 11.3. The van der Waals surface area contributed by atoms with E-state index in [9.17, 15) is 9.90 Å². The second-order valence-electron chi connectivity index (χ2n) is 3.99. The van der Waals surface area contributed by atoms with E-state index in [1.807, 2.05) is 0 Å². The number of aromatic carboxylic acids is 1. The van der Waals surface area contributed by atoms with Crippen LogP contribution in [0.3, 0.4) is 0 Å². The molecule has 0 saturated carbocycles. The second kappa shape index (κ2) is 4.45. The summed E-state index contributed by atoms with van der Waals surface area (Å²) < 4.78 is 0. The summed E-state index contributed by atoms with van der Waals surface area (Å²) in [4.78, 5) is 23.7. The molecule has 0 aromatic carbocycles. The topological polar surface area (TPSA) is 76.0 Å². The molecule has 3 heterocycles. The van der Waals surface area contributed by atoms with Gasteiger partial charge in [-0.2, -0.15) is 0 Å². The number of pyridine rings is 3. The first-order valence-corrected chi connectivity index (χ1v) is 5.64. The lowest BCUT2D eigenvalue weighted by atomic mass is 10.1. The van der Waals surface area contributed by atoms with E-state index in [2.05, 4.69) is 15.0 Å². The van der Waals surface area contributed by atoms with Crippen LogP contribution in [0.5, 0.6) is 0 Å². The highest BCUT2D eigenvalue weighted by molar-refractivity contribution is 6.03. The molecule has 0 aliphatic carbocycles. The third-order valence-corrected chi connectivity index (χ3v) is 2.82. The first kappa shape index (κ1) is 11.3. The summed E-state index contributed by atoms with van der Waals surface area (Å²) >= 11 is 0. The summed E-state index contributed by atoms with van der Waals surface area (Å²) in [6, 6.07) is 6.84. The van der Waals surface area contributed by atoms with Gasteiger partial charge in [0, 0.05) is 35.7 Å². The number of carbonyl (C=O) groups is 1. The average Bonchev–Trinajstić information content (AvgIpc) is 2.47. The Morgan fingerprint density at radius 3 is 2.53 bits per heavy atom. The van der Waals surface area contributed by atoms with Crippen LogP contribution in [0.2, 0.25) is 0 Å². The minimum atomic E-state index is -0.990. The summed E-state index contributed by atoms with van der Waals surface area (Å²) in [6.45, 7) is 0. The number of carboxylic acid groups (broad SMARTS) is 1. The fraction of sp³-hybridized carbons (Fsp3) is 0. The molecule has 0 fully saturated rings. The van der Waals surface area contributed by atoms with Crippen molar-refractivity contribution in [3.8, 4) is 11.3 Å². The van der Waals surface area contributed by atoms with E-state index in [-0.39, 0.29) is 5.56 Å². The lowest BCUT2D eigenvalue weighted by Crippen LogP contribution is -2.00. The van der Waals surface area contributed by atoms with Gasteiger partial charge in [0.2, 0.25) is 0 Å². The summed E-state index contributed by atoms with van der Waals surface area (Å²) in [6.07, 6.45) is 6.40. The van der Waals surface area contributed by atoms with Crippen LogP contribution in [0.25, 0.3) is 22.2 Å². The van der Waals surface area contributed by atoms with Crippen molar-refractivity contribution < 1.29 is 9.90 Å². The summed E-state index contributed by atoms with van der Waals surface area (Å²) in [5.74, 6) is -0.990. The number of hydrogen-bond acceptors (Lipinski definition) is 4. The van der Waals surface area contributed by atoms with Crippen LogP contribution in [0, 0.1) is 0 Å². The Labute approximate surface area is 108 Å². The fourth-order valence-electron chi connectivity index (χ4n) is 1.92. The Bertz CT molecular complexity index is 757. The van der Waals surface area contributed by atoms with Crippen LogP contribution in [-0.4, -0.2) is 26.0 Å². The Morgan fingerprint density at radius 2 is 1.79 bits per heavy atom. The van der Waals surface area contributed by atoms with Gasteiger partial charge in [-0.15, -0.1) is 0 Å². The molecule has 5 heteroatoms. The van der Waals surface area contributed by atoms with Crippen molar-refractivity contribution in [1.29, 1.82) is 0 Å². The van der Waals surface area contributed by atoms with Gasteiger partial charge in [-0.05, 0) is 24.3 Å². The maximum Gasteiger partial charge on any atom is 0.336 e. The molecule has 1 N–H and O–H groups in total. The zero-order valence-corrected chi connectivity index (χ0v) is 9.82. The first-order chi connectivity index (χ1) is 9.25. The van der Waals surface area contributed by atoms with Gasteiger partial charge < -0.3 is 5.11 Å². The quantitative estimate of drug-likeness (QED) is 0.756. The van der Waals surface area contributed by atoms with Crippen molar-refractivity contribution in [2.75, 3.05) is 0 Å². The van der Waals surface area contributed by atoms with Gasteiger partial charge in [0.1, 0.15) is 0 Å². The Morgan fingerprint density at radius 1 is 1.05 bits per heavy atom. The fourth-order valence-corrected chi connectivity index (χ4v) is 1.92. The molecule has 3 rings (SSSR count). The van der Waals surface area contributed by atoms with Crippen LogP contribution in [-0.2, 0) is 0 Å². The van der Waals surface area contributed by atoms with E-state index in [4.69, 9.17) is 0 Å². The van der Waals surface area contributed by atoms with E-state index in [0.29, 0.717) is 16.6 Å². The number of nitrogens with zero attached hydrogens (tertiary/aromatic N) is 3. The van der Waals surface area contributed by atoms with Crippen molar-refractivity contribution in [3.05, 3.63) is 54.6 Å². The van der Waals surface area contributed by atoms with Crippen LogP contribution in [0.1, 0.15) is 10.4 Å². The van der Waals surface area contributed by atoms with Crippen LogP contribution in [0.4, 0.5) is 0 Å². The van der Waals surface area contributed by atoms with E-state index < -0.39 is 5.97 Å². The molecule has 0 aliphatic heterocycles. The molecule has 3 aromatic heterocycles. The van der Waals surface area contributed by atoms with Gasteiger partial charge >= 0.3 is 5.97 Å². The molecule has 92 valence electrons. The summed E-state index contributed by atoms with van der Waals surface area (Å²) in [7, 11) is 0. The molecular formula is C14H9N3O2. The van der Waals surface area contributed by atoms with E-state index >= 15 is 0 Å². The molecule has 19 heavy (non-hydrogen) atoms. The van der Waals surface area contributed by atoms with Crippen molar-refractivity contribution in [2.45, 2.75) is 0 Å². The SMILES string of the molecule is O=C(O)c1cc(-c2ccncc2)nc2ccncc12. The Hall–Kier alpha value is -2.82. The molecule has 5 nitrogen and oxygen atoms in total. The normalized spacial score (nSPS) is 10.5. The van der Waals surface area contributed by atoms with Crippen LogP contribution >= 0.6 is 0 Å². The predicted octanol–water partition coefficient (Wildman–Crippen LogP) is 2.39. The van der Waals surface area contributed by atoms with E-state index in [0.717, 1.165) is 5.56 Å². The number of hydrogen-bond donors (Lipinski definition) is 1. The molecule has 0 unspecified atom stereocenters. The average molecular weight is 251 g/mol. The lowest BCUT2D eigenvalue weighted by Gasteiger charge is -2.06. The Balaban J connectivity index is 2.31. The molecule has 0 bridgehead atoms. The van der Waals surface area contributed by atoms with Gasteiger partial charge in [-0.1, -0.05) is 0 Å². The third kappa shape index (κ3) is 2.01. The molecule has 0 saturated heterocycles. The molecule has 0 atom stereocenters. The molecule has 0 aliphatic rings. The summed E-state index contributed by atoms with van der Waals surface area (Å²) in [5.41, 5.74) is 2.25. The lowest BCUT2D eigenvalue weighted by molar-refractivity contribution is 0.0699. The smallest absolute Gasteiger partial charge is 0.336 e. The highest BCUT2D eigenvalue weighted by atomic mass is 16.4. The van der Waals surface area contributed by atoms with Crippen LogP contribution < -0.4 is 0 Å². The number of fused-ring (bicyclic) bond motifs is 1. The van der Waals surface area contributed by atoms with Gasteiger partial charge in [0.25, 0.3) is 0 Å². The molecular weight excluding hydrogens is 242 g/mol. The third-order valence-electron chi connectivity index (χ3n) is 2.82. The van der Waals surface area contributed by atoms with Crippen molar-refractivity contribution >= 4 is 16.9 Å². The highest BCUT2D eigenvalue weighted by Crippen LogP contribution is 2.23. The van der Waals surface area contributed by atoms with Gasteiger partial charge in [0.15, 0.2) is 0 Å². The minimum absolute atomic E-state index is 0.199. The highest BCUT2D eigenvalue weighted by Gasteiger charge is 2.12. The monoisotopic (exact) mass is 251 g/mol. The molecule has 0 radical (unpaired) electrons. The van der Waals surface area contributed by atoms with Crippen molar-refractivity contribution in [1.82, 2.24) is 15.0 Å². The van der Waals surface area contributed by atoms with Gasteiger partial charge in [-0.25, -0.2) is 9.78 Å². The summed E-state index contributed by atoms with van der Waals surface area (Å²) in [5, 5.41) is 9.82. The molecule has 0 spiro atoms. The number of aromatic nitrogens is 3. The maximum absolute atomic E-state index is 11.3. The number of rotatable bonds is 2. The standard InChI is InChI=1S/C14H9N3O2/c18-14(19)10-7-13(9-1-4-15-5-2-9)17-12-3-6-16-8-11(10)12/h1-8H,(H,18,19). The van der Waals surface area contributed by atoms with Crippen molar-refractivity contribution in [2.24, 2.45) is 0 Å². The van der Waals surface area contributed by atoms with Gasteiger partial charge in [-0.3, -0.25) is 9.97 Å². The van der Waals surface area contributed by atoms with Crippen LogP contribution in [0.15, 0.2) is 49.1 Å².